The highest BCUT2D eigenvalue weighted by Gasteiger charge is 2.18. The average Bonchev–Trinajstić information content (AvgIpc) is 2.40. The minimum absolute atomic E-state index is 0.398. The molecule has 13 heavy (non-hydrogen) atoms. The van der Waals surface area contributed by atoms with Gasteiger partial charge < -0.3 is 4.74 Å². The Morgan fingerprint density at radius 3 is 2.69 bits per heavy atom. The maximum absolute atomic E-state index is 11.2. The summed E-state index contributed by atoms with van der Waals surface area (Å²) < 4.78 is 5.25. The summed E-state index contributed by atoms with van der Waals surface area (Å²) >= 11 is 4.43. The topological polar surface area (TPSA) is 50.1 Å². The van der Waals surface area contributed by atoms with Crippen LogP contribution < -0.4 is 0 Å². The van der Waals surface area contributed by atoms with Crippen LogP contribution in [0.5, 0.6) is 0 Å². The Morgan fingerprint density at radius 1 is 1.69 bits per heavy atom. The molecule has 0 N–H and O–H groups in total. The predicted octanol–water partition coefficient (Wildman–Crippen LogP) is 2.48. The smallest absolute Gasteiger partial charge is 0.348 e. The Balaban J connectivity index is 3.28. The highest BCUT2D eigenvalue weighted by molar-refractivity contribution is 9.11. The molecule has 1 heterocycles. The number of esters is 1. The molecule has 1 aromatic heterocycles. The van der Waals surface area contributed by atoms with Gasteiger partial charge in [0.05, 0.1) is 16.5 Å². The van der Waals surface area contributed by atoms with E-state index in [0.717, 1.165) is 0 Å². The molecule has 5 heteroatoms. The van der Waals surface area contributed by atoms with Gasteiger partial charge in [0, 0.05) is 0 Å². The van der Waals surface area contributed by atoms with Crippen molar-refractivity contribution in [2.75, 3.05) is 7.11 Å². The van der Waals surface area contributed by atoms with Crippen LogP contribution in [0.15, 0.2) is 3.79 Å². The van der Waals surface area contributed by atoms with Gasteiger partial charge in [-0.15, -0.1) is 11.3 Å². The number of carbonyl (C=O) groups excluding carboxylic acids is 1. The highest BCUT2D eigenvalue weighted by Crippen LogP contribution is 2.32. The van der Waals surface area contributed by atoms with Gasteiger partial charge in [-0.25, -0.2) is 4.79 Å². The van der Waals surface area contributed by atoms with E-state index in [0.29, 0.717) is 19.8 Å². The number of nitriles is 1. The molecule has 3 nitrogen and oxygen atoms in total. The Labute approximate surface area is 88.1 Å². The van der Waals surface area contributed by atoms with Gasteiger partial charge >= 0.3 is 5.97 Å². The lowest BCUT2D eigenvalue weighted by molar-refractivity contribution is 0.0605. The maximum atomic E-state index is 11.2. The van der Waals surface area contributed by atoms with Crippen LogP contribution in [0.2, 0.25) is 0 Å². The lowest BCUT2D eigenvalue weighted by Crippen LogP contribution is -1.99. The van der Waals surface area contributed by atoms with Crippen molar-refractivity contribution in [3.8, 4) is 6.07 Å². The molecular formula is C8H6BrNO2S. The first-order chi connectivity index (χ1) is 6.11. The molecule has 0 aliphatic carbocycles. The van der Waals surface area contributed by atoms with Gasteiger partial charge in [0.2, 0.25) is 0 Å². The molecule has 0 radical (unpaired) electrons. The second-order valence-corrected chi connectivity index (χ2v) is 4.65. The van der Waals surface area contributed by atoms with Gasteiger partial charge in [0.25, 0.3) is 0 Å². The van der Waals surface area contributed by atoms with E-state index in [2.05, 4.69) is 20.7 Å². The summed E-state index contributed by atoms with van der Waals surface area (Å²) in [6.45, 7) is 1.73. The summed E-state index contributed by atoms with van der Waals surface area (Å²) in [7, 11) is 1.32. The van der Waals surface area contributed by atoms with Gasteiger partial charge in [0.15, 0.2) is 0 Å². The van der Waals surface area contributed by atoms with Crippen LogP contribution in [0.3, 0.4) is 0 Å². The fourth-order valence-electron chi connectivity index (χ4n) is 0.893. The van der Waals surface area contributed by atoms with E-state index in [1.54, 1.807) is 6.92 Å². The lowest BCUT2D eigenvalue weighted by atomic mass is 10.2. The molecule has 0 spiro atoms. The monoisotopic (exact) mass is 259 g/mol. The van der Waals surface area contributed by atoms with Crippen molar-refractivity contribution in [1.82, 2.24) is 0 Å². The zero-order valence-electron chi connectivity index (χ0n) is 7.05. The molecule has 0 unspecified atom stereocenters. The molecule has 0 aliphatic heterocycles. The van der Waals surface area contributed by atoms with Gasteiger partial charge in [-0.2, -0.15) is 5.26 Å². The number of carbonyl (C=O) groups is 1. The zero-order chi connectivity index (χ0) is 10.0. The van der Waals surface area contributed by atoms with Crippen LogP contribution in [0.25, 0.3) is 0 Å². The van der Waals surface area contributed by atoms with Crippen molar-refractivity contribution >= 4 is 33.2 Å². The predicted molar refractivity (Wildman–Crippen MR) is 52.8 cm³/mol. The number of hydrogen-bond donors (Lipinski definition) is 0. The molecule has 0 saturated heterocycles. The number of ether oxygens (including phenoxy) is 1. The number of methoxy groups -OCH3 is 1. The molecule has 0 saturated carbocycles. The van der Waals surface area contributed by atoms with Crippen molar-refractivity contribution in [2.45, 2.75) is 6.92 Å². The summed E-state index contributed by atoms with van der Waals surface area (Å²) in [6, 6.07) is 2.02. The summed E-state index contributed by atoms with van der Waals surface area (Å²) in [6.07, 6.45) is 0. The van der Waals surface area contributed by atoms with E-state index in [1.807, 2.05) is 6.07 Å². The molecule has 0 amide bonds. The summed E-state index contributed by atoms with van der Waals surface area (Å²) in [5, 5.41) is 8.74. The third-order valence-electron chi connectivity index (χ3n) is 1.59. The molecule has 1 rings (SSSR count). The number of hydrogen-bond acceptors (Lipinski definition) is 4. The van der Waals surface area contributed by atoms with E-state index in [-0.39, 0.29) is 0 Å². The van der Waals surface area contributed by atoms with Gasteiger partial charge in [-0.05, 0) is 28.4 Å². The fourth-order valence-corrected chi connectivity index (χ4v) is 2.67. The summed E-state index contributed by atoms with van der Waals surface area (Å²) in [5.74, 6) is -0.398. The van der Waals surface area contributed by atoms with E-state index < -0.39 is 5.97 Å². The second-order valence-electron chi connectivity index (χ2n) is 2.31. The largest absolute Gasteiger partial charge is 0.465 e. The minimum atomic E-state index is -0.398. The fraction of sp³-hybridized carbons (Fsp3) is 0.250. The quantitative estimate of drug-likeness (QED) is 0.729. The van der Waals surface area contributed by atoms with Crippen molar-refractivity contribution in [1.29, 1.82) is 5.26 Å². The Bertz CT molecular complexity index is 392. The number of nitrogens with zero attached hydrogens (tertiary/aromatic N) is 1. The second kappa shape index (κ2) is 3.90. The molecule has 1 aromatic rings. The average molecular weight is 260 g/mol. The van der Waals surface area contributed by atoms with Gasteiger partial charge in [0.1, 0.15) is 10.9 Å². The summed E-state index contributed by atoms with van der Waals surface area (Å²) in [4.78, 5) is 11.7. The minimum Gasteiger partial charge on any atom is -0.465 e. The van der Waals surface area contributed by atoms with Crippen LogP contribution in [-0.2, 0) is 4.74 Å². The first-order valence-electron chi connectivity index (χ1n) is 3.39. The van der Waals surface area contributed by atoms with Crippen molar-refractivity contribution in [2.24, 2.45) is 0 Å². The summed E-state index contributed by atoms with van der Waals surface area (Å²) in [5.41, 5.74) is 1.18. The van der Waals surface area contributed by atoms with E-state index in [1.165, 1.54) is 18.4 Å². The normalized spacial score (nSPS) is 9.38. The molecule has 0 aliphatic rings. The van der Waals surface area contributed by atoms with Crippen LogP contribution in [-0.4, -0.2) is 13.1 Å². The first kappa shape index (κ1) is 10.2. The van der Waals surface area contributed by atoms with Gasteiger partial charge in [-0.1, -0.05) is 0 Å². The maximum Gasteiger partial charge on any atom is 0.348 e. The molecule has 0 fully saturated rings. The molecule has 68 valence electrons. The number of thiophene rings is 1. The van der Waals surface area contributed by atoms with Crippen molar-refractivity contribution in [3.63, 3.8) is 0 Å². The van der Waals surface area contributed by atoms with Crippen LogP contribution in [0.4, 0.5) is 0 Å². The Kier molecular flexibility index (Phi) is 3.07. The van der Waals surface area contributed by atoms with Crippen molar-refractivity contribution < 1.29 is 9.53 Å². The number of rotatable bonds is 1. The van der Waals surface area contributed by atoms with Crippen LogP contribution >= 0.6 is 27.3 Å². The van der Waals surface area contributed by atoms with E-state index >= 15 is 0 Å². The number of halogens is 1. The molecular weight excluding hydrogens is 254 g/mol. The molecule has 0 bridgehead atoms. The SMILES string of the molecule is COC(=O)c1sc(Br)c(C#N)c1C. The zero-order valence-corrected chi connectivity index (χ0v) is 9.45. The van der Waals surface area contributed by atoms with Crippen molar-refractivity contribution in [3.05, 3.63) is 19.8 Å². The van der Waals surface area contributed by atoms with Gasteiger partial charge in [-0.3, -0.25) is 0 Å². The van der Waals surface area contributed by atoms with Crippen LogP contribution in [0.1, 0.15) is 20.8 Å². The lowest BCUT2D eigenvalue weighted by Gasteiger charge is -1.95. The van der Waals surface area contributed by atoms with E-state index in [9.17, 15) is 4.79 Å². The third-order valence-corrected chi connectivity index (χ3v) is 3.53. The molecule has 0 atom stereocenters. The highest BCUT2D eigenvalue weighted by atomic mass is 79.9. The Hall–Kier alpha value is -0.860. The van der Waals surface area contributed by atoms with E-state index in [4.69, 9.17) is 5.26 Å². The Morgan fingerprint density at radius 2 is 2.31 bits per heavy atom. The molecule has 0 aromatic carbocycles. The standard InChI is InChI=1S/C8H6BrNO2S/c1-4-5(3-10)7(9)13-6(4)8(11)12-2/h1-2H3. The third kappa shape index (κ3) is 1.74. The van der Waals surface area contributed by atoms with Crippen LogP contribution in [0, 0.1) is 18.3 Å². The first-order valence-corrected chi connectivity index (χ1v) is 5.00.